The van der Waals surface area contributed by atoms with Crippen LogP contribution < -0.4 is 14.8 Å². The zero-order valence-corrected chi connectivity index (χ0v) is 21.3. The third kappa shape index (κ3) is 5.28. The molecule has 2 bridgehead atoms. The minimum Gasteiger partial charge on any atom is -0.497 e. The first-order chi connectivity index (χ1) is 16.8. The number of rotatable bonds is 9. The van der Waals surface area contributed by atoms with Crippen molar-refractivity contribution < 1.29 is 22.4 Å². The Kier molecular flexibility index (Phi) is 6.67. The number of nitrogens with zero attached hydrogens (tertiary/aromatic N) is 1. The van der Waals surface area contributed by atoms with Crippen LogP contribution in [0.3, 0.4) is 0 Å². The lowest BCUT2D eigenvalue weighted by Gasteiger charge is -2.28. The summed E-state index contributed by atoms with van der Waals surface area (Å²) < 4.78 is 39.0. The van der Waals surface area contributed by atoms with Crippen LogP contribution in [0.1, 0.15) is 32.6 Å². The Morgan fingerprint density at radius 3 is 2.69 bits per heavy atom. The molecule has 0 spiro atoms. The van der Waals surface area contributed by atoms with E-state index in [0.717, 1.165) is 11.8 Å². The number of fused-ring (bicyclic) bond motifs is 3. The number of carbonyl (C=O) groups is 1. The van der Waals surface area contributed by atoms with Gasteiger partial charge in [0.2, 0.25) is 5.91 Å². The SMILES string of the molecule is COc1ccc(NS(=O)(=O)c2ccc3oc(SCC(=O)NC(C)C4CC5CCC4C5)nc3c2)cc1. The molecule has 1 aromatic heterocycles. The predicted octanol–water partition coefficient (Wildman–Crippen LogP) is 4.67. The molecule has 4 atom stereocenters. The van der Waals surface area contributed by atoms with Crippen molar-refractivity contribution in [1.82, 2.24) is 10.3 Å². The molecule has 2 fully saturated rings. The standard InChI is InChI=1S/C25H29N3O5S2/c1-15(21-12-16-3-4-17(21)11-16)26-24(29)14-34-25-27-22-13-20(9-10-23(22)33-25)35(30,31)28-18-5-7-19(32-2)8-6-18/h5-10,13,15-17,21,28H,3-4,11-12,14H2,1-2H3,(H,26,29). The van der Waals surface area contributed by atoms with Gasteiger partial charge in [0.25, 0.3) is 15.2 Å². The summed E-state index contributed by atoms with van der Waals surface area (Å²) in [5.41, 5.74) is 1.31. The average Bonchev–Trinajstić information content (AvgIpc) is 3.58. The zero-order valence-electron chi connectivity index (χ0n) is 19.7. The summed E-state index contributed by atoms with van der Waals surface area (Å²) >= 11 is 1.21. The summed E-state index contributed by atoms with van der Waals surface area (Å²) in [4.78, 5) is 17.0. The number of nitrogens with one attached hydrogen (secondary N) is 2. The van der Waals surface area contributed by atoms with E-state index < -0.39 is 10.0 Å². The van der Waals surface area contributed by atoms with Crippen molar-refractivity contribution in [2.75, 3.05) is 17.6 Å². The maximum absolute atomic E-state index is 12.8. The van der Waals surface area contributed by atoms with E-state index in [1.54, 1.807) is 37.4 Å². The topological polar surface area (TPSA) is 111 Å². The summed E-state index contributed by atoms with van der Waals surface area (Å²) in [5, 5.41) is 3.48. The Bertz CT molecular complexity index is 1320. The number of ether oxygens (including phenoxy) is 1. The van der Waals surface area contributed by atoms with Gasteiger partial charge in [-0.25, -0.2) is 13.4 Å². The van der Waals surface area contributed by atoms with Crippen LogP contribution in [0.4, 0.5) is 5.69 Å². The quantitative estimate of drug-likeness (QED) is 0.399. The van der Waals surface area contributed by atoms with Gasteiger partial charge in [-0.3, -0.25) is 9.52 Å². The highest BCUT2D eigenvalue weighted by Gasteiger charge is 2.42. The van der Waals surface area contributed by atoms with Gasteiger partial charge in [-0.15, -0.1) is 0 Å². The minimum absolute atomic E-state index is 0.0421. The molecule has 2 aliphatic rings. The fraction of sp³-hybridized carbons (Fsp3) is 0.440. The largest absolute Gasteiger partial charge is 0.497 e. The molecule has 3 aromatic rings. The van der Waals surface area contributed by atoms with Crippen LogP contribution in [-0.4, -0.2) is 38.2 Å². The molecule has 0 aliphatic heterocycles. The summed E-state index contributed by atoms with van der Waals surface area (Å²) in [6, 6.07) is 11.3. The Hall–Kier alpha value is -2.72. The molecule has 5 rings (SSSR count). The highest BCUT2D eigenvalue weighted by atomic mass is 32.2. The van der Waals surface area contributed by atoms with Gasteiger partial charge < -0.3 is 14.5 Å². The number of hydrogen-bond acceptors (Lipinski definition) is 7. The molecule has 8 nitrogen and oxygen atoms in total. The number of aromatic nitrogens is 1. The summed E-state index contributed by atoms with van der Waals surface area (Å²) in [7, 11) is -2.26. The first kappa shape index (κ1) is 24.0. The lowest BCUT2D eigenvalue weighted by atomic mass is 9.84. The number of hydrogen-bond donors (Lipinski definition) is 2. The van der Waals surface area contributed by atoms with Crippen molar-refractivity contribution in [3.05, 3.63) is 42.5 Å². The normalized spacial score (nSPS) is 22.3. The second-order valence-corrected chi connectivity index (χ2v) is 12.0. The van der Waals surface area contributed by atoms with Gasteiger partial charge in [-0.05, 0) is 86.4 Å². The maximum atomic E-state index is 12.8. The highest BCUT2D eigenvalue weighted by Crippen LogP contribution is 2.49. The van der Waals surface area contributed by atoms with E-state index in [2.05, 4.69) is 21.9 Å². The van der Waals surface area contributed by atoms with E-state index in [9.17, 15) is 13.2 Å². The van der Waals surface area contributed by atoms with Crippen molar-refractivity contribution in [2.45, 2.75) is 48.8 Å². The van der Waals surface area contributed by atoms with Gasteiger partial charge in [-0.1, -0.05) is 18.2 Å². The Morgan fingerprint density at radius 2 is 2.00 bits per heavy atom. The number of thioether (sulfide) groups is 1. The number of anilines is 1. The summed E-state index contributed by atoms with van der Waals surface area (Å²) in [6.45, 7) is 2.11. The van der Waals surface area contributed by atoms with Crippen LogP contribution in [0.25, 0.3) is 11.1 Å². The van der Waals surface area contributed by atoms with Gasteiger partial charge in [0.05, 0.1) is 17.8 Å². The molecule has 2 saturated carbocycles. The molecule has 2 aliphatic carbocycles. The Balaban J connectivity index is 1.20. The van der Waals surface area contributed by atoms with Crippen LogP contribution in [-0.2, 0) is 14.8 Å². The fourth-order valence-corrected chi connectivity index (χ4v) is 7.15. The van der Waals surface area contributed by atoms with E-state index in [4.69, 9.17) is 9.15 Å². The number of carbonyl (C=O) groups excluding carboxylic acids is 1. The van der Waals surface area contributed by atoms with Gasteiger partial charge in [0.15, 0.2) is 5.58 Å². The van der Waals surface area contributed by atoms with Crippen molar-refractivity contribution in [2.24, 2.45) is 17.8 Å². The highest BCUT2D eigenvalue weighted by molar-refractivity contribution is 7.99. The number of benzene rings is 2. The monoisotopic (exact) mass is 515 g/mol. The molecule has 4 unspecified atom stereocenters. The van der Waals surface area contributed by atoms with Crippen LogP contribution in [0.2, 0.25) is 0 Å². The number of oxazole rings is 1. The molecule has 0 radical (unpaired) electrons. The summed E-state index contributed by atoms with van der Waals surface area (Å²) in [5.74, 6) is 2.97. The number of amides is 1. The summed E-state index contributed by atoms with van der Waals surface area (Å²) in [6.07, 6.45) is 5.18. The predicted molar refractivity (Wildman–Crippen MR) is 135 cm³/mol. The van der Waals surface area contributed by atoms with Gasteiger partial charge in [-0.2, -0.15) is 0 Å². The molecule has 0 saturated heterocycles. The van der Waals surface area contributed by atoms with Crippen molar-refractivity contribution >= 4 is 44.5 Å². The number of sulfonamides is 1. The lowest BCUT2D eigenvalue weighted by Crippen LogP contribution is -2.40. The van der Waals surface area contributed by atoms with Gasteiger partial charge in [0.1, 0.15) is 11.3 Å². The van der Waals surface area contributed by atoms with Crippen molar-refractivity contribution in [3.63, 3.8) is 0 Å². The van der Waals surface area contributed by atoms with E-state index in [0.29, 0.717) is 33.7 Å². The average molecular weight is 516 g/mol. The lowest BCUT2D eigenvalue weighted by molar-refractivity contribution is -0.119. The zero-order chi connectivity index (χ0) is 24.6. The minimum atomic E-state index is -3.81. The molecule has 1 amide bonds. The van der Waals surface area contributed by atoms with Crippen LogP contribution in [0, 0.1) is 17.8 Å². The van der Waals surface area contributed by atoms with E-state index >= 15 is 0 Å². The number of methoxy groups -OCH3 is 1. The fourth-order valence-electron chi connectivity index (χ4n) is 5.42. The van der Waals surface area contributed by atoms with E-state index in [1.165, 1.54) is 49.6 Å². The molecule has 10 heteroatoms. The van der Waals surface area contributed by atoms with Crippen molar-refractivity contribution in [1.29, 1.82) is 0 Å². The molecular weight excluding hydrogens is 486 g/mol. The molecule has 1 heterocycles. The third-order valence-electron chi connectivity index (χ3n) is 7.14. The molecule has 186 valence electrons. The van der Waals surface area contributed by atoms with Crippen LogP contribution in [0.15, 0.2) is 57.0 Å². The van der Waals surface area contributed by atoms with E-state index in [-0.39, 0.29) is 22.6 Å². The van der Waals surface area contributed by atoms with Gasteiger partial charge in [0, 0.05) is 11.7 Å². The molecule has 2 aromatic carbocycles. The Labute approximate surface area is 209 Å². The Morgan fingerprint density at radius 1 is 1.20 bits per heavy atom. The second-order valence-electron chi connectivity index (χ2n) is 9.43. The van der Waals surface area contributed by atoms with Crippen molar-refractivity contribution in [3.8, 4) is 5.75 Å². The maximum Gasteiger partial charge on any atom is 0.261 e. The third-order valence-corrected chi connectivity index (χ3v) is 9.35. The molecule has 2 N–H and O–H groups in total. The first-order valence-electron chi connectivity index (χ1n) is 11.8. The second kappa shape index (κ2) is 9.73. The first-order valence-corrected chi connectivity index (χ1v) is 14.3. The van der Waals surface area contributed by atoms with Crippen LogP contribution >= 0.6 is 11.8 Å². The van der Waals surface area contributed by atoms with E-state index in [1.807, 2.05) is 0 Å². The molecule has 35 heavy (non-hydrogen) atoms. The van der Waals surface area contributed by atoms with Gasteiger partial charge >= 0.3 is 0 Å². The van der Waals surface area contributed by atoms with Crippen LogP contribution in [0.5, 0.6) is 5.75 Å². The molecular formula is C25H29N3O5S2. The smallest absolute Gasteiger partial charge is 0.261 e.